The van der Waals surface area contributed by atoms with E-state index in [1.807, 2.05) is 23.3 Å². The molecule has 1 aliphatic rings. The van der Waals surface area contributed by atoms with Crippen molar-refractivity contribution in [3.8, 4) is 0 Å². The zero-order valence-electron chi connectivity index (χ0n) is 28.1. The third kappa shape index (κ3) is 9.40. The number of fused-ring (bicyclic) bond motifs is 2. The minimum absolute atomic E-state index is 0. The Hall–Kier alpha value is -2.67. The number of hydrogen-bond acceptors (Lipinski definition) is 12. The standard InChI is InChI=1S/C31H36Cl2N4O10S2.Na/c1-5-34-26-18-22(32)20(30(38)46-3)16-24(26)36(12-8-14-48(40,41)42)28(34)10-7-11-29-35(6-2)27-19-23(33)21(31(39)47-4)17-25(27)37(29)13-9-15-49(43,44)45;/h7,10-11,16-19H,5-6,8-9,12-15H2,1-4H3,(H-,40,41,42,43,44,45);/q;+1/p-1. The molecule has 3 aromatic rings. The van der Waals surface area contributed by atoms with Crippen LogP contribution in [-0.2, 0) is 42.8 Å². The fraction of sp³-hybridized carbons (Fsp3) is 0.387. The third-order valence-corrected chi connectivity index (χ3v) is 10.1. The summed E-state index contributed by atoms with van der Waals surface area (Å²) in [6.07, 6.45) is 5.25. The van der Waals surface area contributed by atoms with E-state index in [1.165, 1.54) is 14.2 Å². The van der Waals surface area contributed by atoms with E-state index in [0.717, 1.165) is 0 Å². The third-order valence-electron chi connectivity index (χ3n) is 7.88. The number of ether oxygens (including phenoxy) is 2. The Labute approximate surface area is 323 Å². The quantitative estimate of drug-likeness (QED) is 0.0978. The van der Waals surface area contributed by atoms with Gasteiger partial charge < -0.3 is 28.4 Å². The zero-order valence-corrected chi connectivity index (χ0v) is 33.3. The number of anilines is 2. The van der Waals surface area contributed by atoms with Crippen LogP contribution in [0.2, 0.25) is 10.0 Å². The van der Waals surface area contributed by atoms with Crippen molar-refractivity contribution in [1.29, 1.82) is 0 Å². The number of allylic oxidation sites excluding steroid dienone is 2. The van der Waals surface area contributed by atoms with Crippen LogP contribution < -0.4 is 43.9 Å². The van der Waals surface area contributed by atoms with Crippen LogP contribution in [0.4, 0.5) is 11.4 Å². The molecule has 2 aromatic carbocycles. The van der Waals surface area contributed by atoms with Crippen molar-refractivity contribution in [2.75, 3.05) is 48.6 Å². The van der Waals surface area contributed by atoms with Crippen molar-refractivity contribution in [3.05, 3.63) is 69.2 Å². The molecule has 0 unspecified atom stereocenters. The Kier molecular flexibility index (Phi) is 14.4. The Bertz CT molecular complexity index is 2070. The van der Waals surface area contributed by atoms with Gasteiger partial charge in [0.25, 0.3) is 5.82 Å². The average molecular weight is 782 g/mol. The maximum absolute atomic E-state index is 12.5. The molecule has 14 nitrogen and oxygen atoms in total. The van der Waals surface area contributed by atoms with E-state index in [-0.39, 0.29) is 76.7 Å². The molecule has 0 radical (unpaired) electrons. The number of carbonyl (C=O) groups is 2. The second-order valence-corrected chi connectivity index (χ2v) is 14.8. The zero-order chi connectivity index (χ0) is 36.3. The van der Waals surface area contributed by atoms with Crippen LogP contribution >= 0.6 is 23.2 Å². The second-order valence-electron chi connectivity index (χ2n) is 10.9. The summed E-state index contributed by atoms with van der Waals surface area (Å²) < 4.78 is 82.0. The molecule has 1 aromatic heterocycles. The fourth-order valence-corrected chi connectivity index (χ4v) is 7.23. The predicted octanol–water partition coefficient (Wildman–Crippen LogP) is 0.904. The number of hydrogen-bond donors (Lipinski definition) is 0. The van der Waals surface area contributed by atoms with E-state index in [9.17, 15) is 35.5 Å². The summed E-state index contributed by atoms with van der Waals surface area (Å²) >= 11 is 12.9. The number of esters is 2. The Balaban J connectivity index is 0.00000676. The van der Waals surface area contributed by atoms with Crippen LogP contribution in [0, 0.1) is 0 Å². The second kappa shape index (κ2) is 17.2. The van der Waals surface area contributed by atoms with Crippen LogP contribution in [-0.4, -0.2) is 81.3 Å². The van der Waals surface area contributed by atoms with E-state index in [4.69, 9.17) is 32.7 Å². The van der Waals surface area contributed by atoms with Crippen molar-refractivity contribution in [2.24, 2.45) is 0 Å². The van der Waals surface area contributed by atoms with Gasteiger partial charge in [-0.15, -0.1) is 0 Å². The van der Waals surface area contributed by atoms with Crippen LogP contribution in [0.5, 0.6) is 0 Å². The predicted molar refractivity (Wildman–Crippen MR) is 183 cm³/mol. The van der Waals surface area contributed by atoms with Gasteiger partial charge in [0.15, 0.2) is 11.0 Å². The number of aryl methyl sites for hydroxylation is 2. The fourth-order valence-electron chi connectivity index (χ4n) is 5.80. The molecule has 0 amide bonds. The first-order valence-corrected chi connectivity index (χ1v) is 19.0. The van der Waals surface area contributed by atoms with Gasteiger partial charge in [0, 0.05) is 42.8 Å². The molecule has 0 atom stereocenters. The number of nitrogens with zero attached hydrogens (tertiary/aromatic N) is 4. The molecule has 0 aliphatic carbocycles. The number of methoxy groups -OCH3 is 2. The maximum atomic E-state index is 12.5. The van der Waals surface area contributed by atoms with Crippen LogP contribution in [0.1, 0.15) is 53.2 Å². The van der Waals surface area contributed by atoms with E-state index in [2.05, 4.69) is 0 Å². The van der Waals surface area contributed by atoms with Crippen molar-refractivity contribution in [3.63, 3.8) is 0 Å². The molecule has 0 N–H and O–H groups in total. The topological polar surface area (TPSA) is 182 Å². The van der Waals surface area contributed by atoms with Crippen LogP contribution in [0.15, 0.2) is 42.2 Å². The van der Waals surface area contributed by atoms with Gasteiger partial charge in [-0.3, -0.25) is 0 Å². The van der Waals surface area contributed by atoms with Gasteiger partial charge in [0.05, 0.1) is 80.1 Å². The first-order valence-electron chi connectivity index (χ1n) is 15.1. The Morgan fingerprint density at radius 1 is 0.840 bits per heavy atom. The van der Waals surface area contributed by atoms with Gasteiger partial charge in [0.1, 0.15) is 5.82 Å². The number of benzene rings is 2. The Morgan fingerprint density at radius 3 is 1.96 bits per heavy atom. The number of imidazole rings is 1. The molecule has 0 fully saturated rings. The summed E-state index contributed by atoms with van der Waals surface area (Å²) in [5.74, 6) is -1.34. The Morgan fingerprint density at radius 2 is 1.40 bits per heavy atom. The first-order chi connectivity index (χ1) is 23.0. The van der Waals surface area contributed by atoms with Gasteiger partial charge in [-0.05, 0) is 44.9 Å². The van der Waals surface area contributed by atoms with Crippen molar-refractivity contribution >= 4 is 83.9 Å². The number of rotatable bonds is 14. The molecular formula is C31H35Cl2N4NaO10S2. The largest absolute Gasteiger partial charge is 1.00 e. The SMILES string of the molecule is CCN1/C(=C/C=C/c2n(CC)c3cc(Cl)c(C(=O)OC)cc3[n+]2CCCS(=O)(=O)[O-])N(CCCS(=O)(=O)[O-])c2cc(C(=O)OC)c(Cl)cc21.[Na+]. The normalized spacial score (nSPS) is 14.0. The minimum Gasteiger partial charge on any atom is -0.748 e. The summed E-state index contributed by atoms with van der Waals surface area (Å²) in [4.78, 5) is 28.6. The molecule has 2 heterocycles. The van der Waals surface area contributed by atoms with Crippen molar-refractivity contribution in [2.45, 2.75) is 39.8 Å². The van der Waals surface area contributed by atoms with Crippen molar-refractivity contribution < 1.29 is 79.1 Å². The number of halogens is 2. The van der Waals surface area contributed by atoms with Gasteiger partial charge >= 0.3 is 41.5 Å². The van der Waals surface area contributed by atoms with Crippen molar-refractivity contribution in [1.82, 2.24) is 4.57 Å². The van der Waals surface area contributed by atoms with Gasteiger partial charge in [-0.25, -0.2) is 35.6 Å². The molecule has 50 heavy (non-hydrogen) atoms. The summed E-state index contributed by atoms with van der Waals surface area (Å²) in [5, 5.41) is 0.308. The van der Waals surface area contributed by atoms with E-state index in [1.54, 1.807) is 52.0 Å². The summed E-state index contributed by atoms with van der Waals surface area (Å²) in [6, 6.07) is 6.34. The molecule has 0 spiro atoms. The molecule has 266 valence electrons. The molecule has 4 rings (SSSR count). The molecule has 0 bridgehead atoms. The molecular weight excluding hydrogens is 746 g/mol. The number of aromatic nitrogens is 2. The number of carbonyl (C=O) groups excluding carboxylic acids is 2. The molecule has 0 saturated carbocycles. The van der Waals surface area contributed by atoms with Gasteiger partial charge in [0.2, 0.25) is 0 Å². The minimum atomic E-state index is -4.49. The van der Waals surface area contributed by atoms with E-state index in [0.29, 0.717) is 47.1 Å². The molecule has 1 aliphatic heterocycles. The monoisotopic (exact) mass is 780 g/mol. The average Bonchev–Trinajstić information content (AvgIpc) is 3.47. The summed E-state index contributed by atoms with van der Waals surface area (Å²) in [7, 11) is -6.53. The maximum Gasteiger partial charge on any atom is 1.00 e. The van der Waals surface area contributed by atoms with Gasteiger partial charge in [-0.2, -0.15) is 0 Å². The summed E-state index contributed by atoms with van der Waals surface area (Å²) in [6.45, 7) is 4.91. The van der Waals surface area contributed by atoms with E-state index < -0.39 is 43.7 Å². The smallest absolute Gasteiger partial charge is 0.748 e. The summed E-state index contributed by atoms with van der Waals surface area (Å²) in [5.41, 5.74) is 2.61. The molecule has 0 saturated heterocycles. The van der Waals surface area contributed by atoms with Gasteiger partial charge in [-0.1, -0.05) is 29.3 Å². The first kappa shape index (κ1) is 41.7. The van der Waals surface area contributed by atoms with Crippen LogP contribution in [0.25, 0.3) is 17.1 Å². The van der Waals surface area contributed by atoms with Crippen LogP contribution in [0.3, 0.4) is 0 Å². The van der Waals surface area contributed by atoms with E-state index >= 15 is 0 Å². The molecule has 19 heteroatoms.